The molecule has 0 aromatic heterocycles. The molecule has 2 rings (SSSR count). The number of benzene rings is 1. The summed E-state index contributed by atoms with van der Waals surface area (Å²) in [6, 6.07) is 9.32. The van der Waals surface area contributed by atoms with Crippen molar-refractivity contribution in [1.29, 1.82) is 0 Å². The van der Waals surface area contributed by atoms with Gasteiger partial charge in [-0.3, -0.25) is 9.59 Å². The van der Waals surface area contributed by atoms with Crippen LogP contribution in [0, 0.1) is 5.92 Å². The van der Waals surface area contributed by atoms with Crippen molar-refractivity contribution >= 4 is 11.8 Å². The zero-order valence-corrected chi connectivity index (χ0v) is 13.2. The summed E-state index contributed by atoms with van der Waals surface area (Å²) in [5.74, 6) is -0.119. The molecule has 0 bridgehead atoms. The van der Waals surface area contributed by atoms with E-state index < -0.39 is 6.10 Å². The molecule has 1 heterocycles. The number of hydrogen-bond donors (Lipinski definition) is 2. The van der Waals surface area contributed by atoms with E-state index in [4.69, 9.17) is 0 Å². The number of rotatable bonds is 4. The molecule has 1 saturated heterocycles. The van der Waals surface area contributed by atoms with E-state index in [1.807, 2.05) is 44.2 Å². The van der Waals surface area contributed by atoms with Crippen molar-refractivity contribution in [3.05, 3.63) is 35.9 Å². The number of aliphatic hydroxyl groups is 1. The summed E-state index contributed by atoms with van der Waals surface area (Å²) in [6.45, 7) is 4.70. The Kier molecular flexibility index (Phi) is 5.55. The van der Waals surface area contributed by atoms with Crippen LogP contribution in [0.5, 0.6) is 0 Å². The standard InChI is InChI=1S/C17H24N2O3/c1-12(2)15(20)11-17(22)19-9-8-18-16(21)10-14(19)13-6-4-3-5-7-13/h3-7,12,14-15,20H,8-11H2,1-2H3,(H,18,21). The molecule has 120 valence electrons. The van der Waals surface area contributed by atoms with Crippen molar-refractivity contribution < 1.29 is 14.7 Å². The molecule has 0 spiro atoms. The molecule has 5 nitrogen and oxygen atoms in total. The smallest absolute Gasteiger partial charge is 0.225 e. The van der Waals surface area contributed by atoms with Gasteiger partial charge in [0.1, 0.15) is 0 Å². The minimum atomic E-state index is -0.657. The van der Waals surface area contributed by atoms with Gasteiger partial charge in [-0.25, -0.2) is 0 Å². The second kappa shape index (κ2) is 7.40. The van der Waals surface area contributed by atoms with E-state index >= 15 is 0 Å². The average Bonchev–Trinajstić information content (AvgIpc) is 2.69. The lowest BCUT2D eigenvalue weighted by atomic mass is 9.99. The van der Waals surface area contributed by atoms with Crippen molar-refractivity contribution in [3.8, 4) is 0 Å². The maximum atomic E-state index is 12.6. The SMILES string of the molecule is CC(C)C(O)CC(=O)N1CCNC(=O)CC1c1ccccc1. The first kappa shape index (κ1) is 16.5. The maximum Gasteiger partial charge on any atom is 0.225 e. The highest BCUT2D eigenvalue weighted by molar-refractivity contribution is 5.81. The lowest BCUT2D eigenvalue weighted by molar-refractivity contribution is -0.136. The second-order valence-corrected chi connectivity index (χ2v) is 6.08. The lowest BCUT2D eigenvalue weighted by Gasteiger charge is -2.30. The quantitative estimate of drug-likeness (QED) is 0.885. The monoisotopic (exact) mass is 304 g/mol. The third-order valence-electron chi connectivity index (χ3n) is 4.09. The molecule has 1 aliphatic rings. The van der Waals surface area contributed by atoms with E-state index in [0.29, 0.717) is 13.1 Å². The highest BCUT2D eigenvalue weighted by atomic mass is 16.3. The van der Waals surface area contributed by atoms with E-state index in [9.17, 15) is 14.7 Å². The van der Waals surface area contributed by atoms with Gasteiger partial charge in [0, 0.05) is 13.1 Å². The minimum Gasteiger partial charge on any atom is -0.392 e. The second-order valence-electron chi connectivity index (χ2n) is 6.08. The van der Waals surface area contributed by atoms with Gasteiger partial charge >= 0.3 is 0 Å². The van der Waals surface area contributed by atoms with Crippen LogP contribution in [-0.2, 0) is 9.59 Å². The van der Waals surface area contributed by atoms with Crippen molar-refractivity contribution in [2.45, 2.75) is 38.8 Å². The predicted octanol–water partition coefficient (Wildman–Crippen LogP) is 1.48. The van der Waals surface area contributed by atoms with Gasteiger partial charge < -0.3 is 15.3 Å². The summed E-state index contributed by atoms with van der Waals surface area (Å²) in [5.41, 5.74) is 0.951. The molecule has 0 radical (unpaired) electrons. The van der Waals surface area contributed by atoms with Crippen LogP contribution in [-0.4, -0.2) is 41.0 Å². The maximum absolute atomic E-state index is 12.6. The molecular weight excluding hydrogens is 280 g/mol. The zero-order chi connectivity index (χ0) is 16.1. The van der Waals surface area contributed by atoms with Crippen molar-refractivity contribution in [2.75, 3.05) is 13.1 Å². The van der Waals surface area contributed by atoms with Crippen LogP contribution >= 0.6 is 0 Å². The molecule has 1 aromatic rings. The first-order chi connectivity index (χ1) is 10.5. The van der Waals surface area contributed by atoms with Gasteiger partial charge in [-0.2, -0.15) is 0 Å². The molecule has 5 heteroatoms. The number of carbonyl (C=O) groups excluding carboxylic acids is 2. The molecule has 2 atom stereocenters. The van der Waals surface area contributed by atoms with E-state index in [1.165, 1.54) is 0 Å². The van der Waals surface area contributed by atoms with Crippen LogP contribution in [0.15, 0.2) is 30.3 Å². The van der Waals surface area contributed by atoms with Gasteiger partial charge in [-0.05, 0) is 11.5 Å². The number of nitrogens with one attached hydrogen (secondary N) is 1. The Morgan fingerprint density at radius 2 is 2.05 bits per heavy atom. The van der Waals surface area contributed by atoms with Gasteiger partial charge in [0.2, 0.25) is 11.8 Å². The topological polar surface area (TPSA) is 69.6 Å². The highest BCUT2D eigenvalue weighted by Crippen LogP contribution is 2.26. The minimum absolute atomic E-state index is 0.0332. The van der Waals surface area contributed by atoms with Gasteiger partial charge in [0.05, 0.1) is 25.0 Å². The van der Waals surface area contributed by atoms with Gasteiger partial charge in [0.25, 0.3) is 0 Å². The highest BCUT2D eigenvalue weighted by Gasteiger charge is 2.30. The van der Waals surface area contributed by atoms with Gasteiger partial charge in [-0.1, -0.05) is 44.2 Å². The van der Waals surface area contributed by atoms with Crippen LogP contribution < -0.4 is 5.32 Å². The van der Waals surface area contributed by atoms with Crippen LogP contribution in [0.4, 0.5) is 0 Å². The predicted molar refractivity (Wildman–Crippen MR) is 84.0 cm³/mol. The van der Waals surface area contributed by atoms with E-state index in [-0.39, 0.29) is 36.6 Å². The first-order valence-electron chi connectivity index (χ1n) is 7.78. The molecule has 0 aliphatic carbocycles. The Balaban J connectivity index is 2.21. The first-order valence-corrected chi connectivity index (χ1v) is 7.78. The Morgan fingerprint density at radius 3 is 2.68 bits per heavy atom. The fraction of sp³-hybridized carbons (Fsp3) is 0.529. The Hall–Kier alpha value is -1.88. The van der Waals surface area contributed by atoms with Gasteiger partial charge in [-0.15, -0.1) is 0 Å². The molecule has 2 amide bonds. The Labute approximate surface area is 131 Å². The third kappa shape index (κ3) is 4.07. The van der Waals surface area contributed by atoms with Crippen molar-refractivity contribution in [2.24, 2.45) is 5.92 Å². The van der Waals surface area contributed by atoms with Crippen molar-refractivity contribution in [3.63, 3.8) is 0 Å². The van der Waals surface area contributed by atoms with Crippen LogP contribution in [0.3, 0.4) is 0 Å². The number of amides is 2. The number of nitrogens with zero attached hydrogens (tertiary/aromatic N) is 1. The molecule has 2 N–H and O–H groups in total. The molecule has 1 aliphatic heterocycles. The normalized spacial score (nSPS) is 20.5. The summed E-state index contributed by atoms with van der Waals surface area (Å²) in [4.78, 5) is 26.2. The summed E-state index contributed by atoms with van der Waals surface area (Å²) < 4.78 is 0. The summed E-state index contributed by atoms with van der Waals surface area (Å²) in [7, 11) is 0. The lowest BCUT2D eigenvalue weighted by Crippen LogP contribution is -2.38. The fourth-order valence-electron chi connectivity index (χ4n) is 2.63. The van der Waals surface area contributed by atoms with E-state index in [0.717, 1.165) is 5.56 Å². The molecule has 0 saturated carbocycles. The Bertz CT molecular complexity index is 516. The zero-order valence-electron chi connectivity index (χ0n) is 13.2. The van der Waals surface area contributed by atoms with E-state index in [1.54, 1.807) is 4.90 Å². The average molecular weight is 304 g/mol. The van der Waals surface area contributed by atoms with Crippen LogP contribution in [0.2, 0.25) is 0 Å². The number of aliphatic hydroxyl groups excluding tert-OH is 1. The van der Waals surface area contributed by atoms with Crippen molar-refractivity contribution in [1.82, 2.24) is 10.2 Å². The van der Waals surface area contributed by atoms with Crippen LogP contribution in [0.25, 0.3) is 0 Å². The molecule has 2 unspecified atom stereocenters. The molecular formula is C17H24N2O3. The number of carbonyl (C=O) groups is 2. The molecule has 22 heavy (non-hydrogen) atoms. The third-order valence-corrected chi connectivity index (χ3v) is 4.09. The summed E-state index contributed by atoms with van der Waals surface area (Å²) in [5, 5.41) is 12.8. The summed E-state index contributed by atoms with van der Waals surface area (Å²) in [6.07, 6.45) is -0.307. The molecule has 1 aromatic carbocycles. The summed E-state index contributed by atoms with van der Waals surface area (Å²) >= 11 is 0. The van der Waals surface area contributed by atoms with Gasteiger partial charge in [0.15, 0.2) is 0 Å². The van der Waals surface area contributed by atoms with E-state index in [2.05, 4.69) is 5.32 Å². The Morgan fingerprint density at radius 1 is 1.36 bits per heavy atom. The fourth-order valence-corrected chi connectivity index (χ4v) is 2.63. The van der Waals surface area contributed by atoms with Crippen LogP contribution in [0.1, 0.15) is 38.3 Å². The molecule has 1 fully saturated rings. The largest absolute Gasteiger partial charge is 0.392 e. The number of hydrogen-bond acceptors (Lipinski definition) is 3.